The predicted molar refractivity (Wildman–Crippen MR) is 118 cm³/mol. The van der Waals surface area contributed by atoms with Crippen molar-refractivity contribution < 1.29 is 13.2 Å². The van der Waals surface area contributed by atoms with Crippen LogP contribution in [0.4, 0.5) is 5.69 Å². The Morgan fingerprint density at radius 2 is 1.90 bits per heavy atom. The highest BCUT2D eigenvalue weighted by atomic mass is 32.2. The average Bonchev–Trinajstić information content (AvgIpc) is 2.76. The van der Waals surface area contributed by atoms with Gasteiger partial charge in [-0.15, -0.1) is 0 Å². The van der Waals surface area contributed by atoms with Gasteiger partial charge in [-0.3, -0.25) is 14.2 Å². The van der Waals surface area contributed by atoms with Crippen molar-refractivity contribution in [3.8, 4) is 0 Å². The molecular weight excluding hydrogens is 416 g/mol. The molecule has 1 aliphatic rings. The molecule has 1 atom stereocenters. The summed E-state index contributed by atoms with van der Waals surface area (Å²) < 4.78 is 28.5. The molecule has 0 spiro atoms. The van der Waals surface area contributed by atoms with E-state index in [9.17, 15) is 18.0 Å². The molecule has 1 amide bonds. The number of benzene rings is 2. The van der Waals surface area contributed by atoms with E-state index in [0.717, 1.165) is 12.8 Å². The van der Waals surface area contributed by atoms with Gasteiger partial charge in [0.25, 0.3) is 5.56 Å². The fraction of sp³-hybridized carbons (Fsp3) is 0.318. The Balaban J connectivity index is 1.45. The Labute approximate surface area is 180 Å². The maximum atomic E-state index is 12.8. The Bertz CT molecular complexity index is 1270. The Hall–Kier alpha value is -3.04. The second-order valence-corrected chi connectivity index (χ2v) is 9.82. The minimum atomic E-state index is -3.55. The van der Waals surface area contributed by atoms with E-state index in [1.165, 1.54) is 27.3 Å². The summed E-state index contributed by atoms with van der Waals surface area (Å²) in [6, 6.07) is 13.0. The summed E-state index contributed by atoms with van der Waals surface area (Å²) in [4.78, 5) is 29.3. The molecule has 0 saturated carbocycles. The number of hydrogen-bond acceptors (Lipinski definition) is 5. The maximum Gasteiger partial charge on any atom is 0.261 e. The normalized spacial score (nSPS) is 17.5. The van der Waals surface area contributed by atoms with E-state index in [2.05, 4.69) is 17.2 Å². The third kappa shape index (κ3) is 4.52. The van der Waals surface area contributed by atoms with Crippen molar-refractivity contribution >= 4 is 32.5 Å². The van der Waals surface area contributed by atoms with E-state index < -0.39 is 15.9 Å². The molecule has 0 aliphatic carbocycles. The van der Waals surface area contributed by atoms with Crippen LogP contribution >= 0.6 is 0 Å². The van der Waals surface area contributed by atoms with Crippen molar-refractivity contribution in [2.75, 3.05) is 18.4 Å². The first-order valence-electron chi connectivity index (χ1n) is 10.2. The lowest BCUT2D eigenvalue weighted by Gasteiger charge is -2.30. The highest BCUT2D eigenvalue weighted by Gasteiger charge is 2.28. The number of fused-ring (bicyclic) bond motifs is 1. The molecule has 1 N–H and O–H groups in total. The van der Waals surface area contributed by atoms with Crippen LogP contribution in [0.15, 0.2) is 64.5 Å². The van der Waals surface area contributed by atoms with E-state index in [-0.39, 0.29) is 17.0 Å². The van der Waals surface area contributed by atoms with E-state index in [4.69, 9.17) is 0 Å². The summed E-state index contributed by atoms with van der Waals surface area (Å²) in [5, 5.41) is 3.14. The summed E-state index contributed by atoms with van der Waals surface area (Å²) in [6.07, 6.45) is 3.24. The Morgan fingerprint density at radius 3 is 2.65 bits per heavy atom. The fourth-order valence-corrected chi connectivity index (χ4v) is 5.40. The highest BCUT2D eigenvalue weighted by molar-refractivity contribution is 7.89. The molecule has 4 rings (SSSR count). The van der Waals surface area contributed by atoms with E-state index >= 15 is 0 Å². The van der Waals surface area contributed by atoms with Crippen molar-refractivity contribution in [1.82, 2.24) is 13.9 Å². The molecule has 1 aromatic heterocycles. The summed E-state index contributed by atoms with van der Waals surface area (Å²) in [5.74, 6) is -0.0604. The van der Waals surface area contributed by atoms with Gasteiger partial charge in [0, 0.05) is 18.8 Å². The number of amides is 1. The van der Waals surface area contributed by atoms with Gasteiger partial charge < -0.3 is 5.32 Å². The van der Waals surface area contributed by atoms with Gasteiger partial charge in [0.2, 0.25) is 15.9 Å². The molecule has 8 nitrogen and oxygen atoms in total. The zero-order valence-electron chi connectivity index (χ0n) is 17.2. The number of para-hydroxylation sites is 1. The number of rotatable bonds is 5. The Kier molecular flexibility index (Phi) is 5.88. The number of piperidine rings is 1. The molecule has 0 bridgehead atoms. The van der Waals surface area contributed by atoms with Gasteiger partial charge in [0.1, 0.15) is 6.54 Å². The average molecular weight is 441 g/mol. The largest absolute Gasteiger partial charge is 0.325 e. The number of carbonyl (C=O) groups is 1. The van der Waals surface area contributed by atoms with Gasteiger partial charge in [0.05, 0.1) is 22.1 Å². The van der Waals surface area contributed by atoms with Crippen LogP contribution in [0.3, 0.4) is 0 Å². The summed E-state index contributed by atoms with van der Waals surface area (Å²) in [5.41, 5.74) is 0.736. The number of nitrogens with zero attached hydrogens (tertiary/aromatic N) is 3. The topological polar surface area (TPSA) is 101 Å². The molecule has 0 radical (unpaired) electrons. The smallest absolute Gasteiger partial charge is 0.261 e. The lowest BCUT2D eigenvalue weighted by molar-refractivity contribution is -0.116. The lowest BCUT2D eigenvalue weighted by Crippen LogP contribution is -2.39. The number of aromatic nitrogens is 2. The van der Waals surface area contributed by atoms with Crippen LogP contribution in [0.2, 0.25) is 0 Å². The van der Waals surface area contributed by atoms with Gasteiger partial charge in [-0.05, 0) is 55.2 Å². The van der Waals surface area contributed by atoms with Crippen LogP contribution in [-0.4, -0.2) is 41.3 Å². The third-order valence-corrected chi connectivity index (χ3v) is 7.32. The van der Waals surface area contributed by atoms with Crippen LogP contribution in [0.25, 0.3) is 10.9 Å². The van der Waals surface area contributed by atoms with Crippen molar-refractivity contribution in [3.05, 3.63) is 65.2 Å². The quantitative estimate of drug-likeness (QED) is 0.657. The van der Waals surface area contributed by atoms with E-state index in [1.807, 2.05) is 0 Å². The van der Waals surface area contributed by atoms with Gasteiger partial charge in [-0.1, -0.05) is 19.1 Å². The molecule has 162 valence electrons. The molecule has 1 fully saturated rings. The number of nitrogens with one attached hydrogen (secondary N) is 1. The minimum absolute atomic E-state index is 0.192. The van der Waals surface area contributed by atoms with Gasteiger partial charge in [-0.25, -0.2) is 13.4 Å². The van der Waals surface area contributed by atoms with Crippen LogP contribution in [0.1, 0.15) is 19.8 Å². The molecule has 31 heavy (non-hydrogen) atoms. The van der Waals surface area contributed by atoms with Gasteiger partial charge >= 0.3 is 0 Å². The van der Waals surface area contributed by atoms with Crippen molar-refractivity contribution in [3.63, 3.8) is 0 Å². The fourth-order valence-electron chi connectivity index (χ4n) is 3.80. The molecule has 3 aromatic rings. The zero-order valence-corrected chi connectivity index (χ0v) is 18.0. The molecule has 2 aromatic carbocycles. The second-order valence-electron chi connectivity index (χ2n) is 7.88. The molecule has 1 saturated heterocycles. The number of sulfonamides is 1. The highest BCUT2D eigenvalue weighted by Crippen LogP contribution is 2.24. The SMILES string of the molecule is CC1CCCN(S(=O)(=O)c2ccc(NC(=O)Cn3cnc4ccccc4c3=O)cc2)C1. The van der Waals surface area contributed by atoms with Gasteiger partial charge in [-0.2, -0.15) is 4.31 Å². The maximum absolute atomic E-state index is 12.8. The number of carbonyl (C=O) groups excluding carboxylic acids is 1. The second kappa shape index (κ2) is 8.60. The molecular formula is C22H24N4O4S. The lowest BCUT2D eigenvalue weighted by atomic mass is 10.0. The van der Waals surface area contributed by atoms with Crippen molar-refractivity contribution in [2.45, 2.75) is 31.2 Å². The monoisotopic (exact) mass is 440 g/mol. The van der Waals surface area contributed by atoms with Crippen LogP contribution in [0.5, 0.6) is 0 Å². The third-order valence-electron chi connectivity index (χ3n) is 5.44. The summed E-state index contributed by atoms with van der Waals surface area (Å²) in [6.45, 7) is 2.91. The standard InChI is InChI=1S/C22H24N4O4S/c1-16-5-4-12-26(13-16)31(29,30)18-10-8-17(9-11-18)24-21(27)14-25-15-23-20-7-3-2-6-19(20)22(25)28/h2-3,6-11,15-16H,4-5,12-14H2,1H3,(H,24,27). The molecule has 2 heterocycles. The molecule has 9 heteroatoms. The first-order valence-corrected chi connectivity index (χ1v) is 11.6. The molecule has 1 unspecified atom stereocenters. The molecule has 1 aliphatic heterocycles. The van der Waals surface area contributed by atoms with Crippen molar-refractivity contribution in [2.24, 2.45) is 5.92 Å². The first-order chi connectivity index (χ1) is 14.8. The summed E-state index contributed by atoms with van der Waals surface area (Å²) >= 11 is 0. The Morgan fingerprint density at radius 1 is 1.16 bits per heavy atom. The van der Waals surface area contributed by atoms with Crippen LogP contribution in [0, 0.1) is 5.92 Å². The van der Waals surface area contributed by atoms with E-state index in [1.54, 1.807) is 36.4 Å². The number of hydrogen-bond donors (Lipinski definition) is 1. The van der Waals surface area contributed by atoms with E-state index in [0.29, 0.717) is 35.6 Å². The predicted octanol–water partition coefficient (Wildman–Crippen LogP) is 2.46. The number of anilines is 1. The zero-order chi connectivity index (χ0) is 22.0. The summed E-state index contributed by atoms with van der Waals surface area (Å²) in [7, 11) is -3.55. The van der Waals surface area contributed by atoms with Crippen LogP contribution < -0.4 is 10.9 Å². The first kappa shape index (κ1) is 21.2. The van der Waals surface area contributed by atoms with Crippen molar-refractivity contribution in [1.29, 1.82) is 0 Å². The minimum Gasteiger partial charge on any atom is -0.325 e. The van der Waals surface area contributed by atoms with Gasteiger partial charge in [0.15, 0.2) is 0 Å². The van der Waals surface area contributed by atoms with Crippen LogP contribution in [-0.2, 0) is 21.4 Å².